The minimum absolute atomic E-state index is 0. The van der Waals surface area contributed by atoms with Crippen LogP contribution in [0.15, 0.2) is 0 Å². The van der Waals surface area contributed by atoms with Crippen LogP contribution in [-0.4, -0.2) is 40.8 Å². The van der Waals surface area contributed by atoms with E-state index in [0.717, 1.165) is 19.3 Å². The molecule has 0 aromatic carbocycles. The topological polar surface area (TPSA) is 92.9 Å². The Kier molecular flexibility index (Phi) is 24.5. The SMILES string of the molecule is CCCCCCCCCCCCCCCCCC(=O)N(O)C(C)C(C)OC(=O)CN.[H-].[Na+]. The summed E-state index contributed by atoms with van der Waals surface area (Å²) in [6.45, 7) is 5.34. The molecule has 180 valence electrons. The molecule has 0 fully saturated rings. The number of amides is 1. The number of unbranched alkanes of at least 4 members (excludes halogenated alkanes) is 14. The standard InChI is InChI=1S/C24H48N2O4.Na.H/c1-4-5-6-7-8-9-10-11-12-13-14-15-16-17-18-19-23(27)26(29)21(2)22(3)30-24(28)20-25;;/h21-22,29H,4-20,25H2,1-3H3;;/q;+1;-1. The minimum Gasteiger partial charge on any atom is -1.00 e. The maximum Gasteiger partial charge on any atom is 1.00 e. The van der Waals surface area contributed by atoms with E-state index < -0.39 is 18.1 Å². The number of esters is 1. The molecule has 2 unspecified atom stereocenters. The molecule has 2 atom stereocenters. The molecule has 31 heavy (non-hydrogen) atoms. The second-order valence-corrected chi connectivity index (χ2v) is 8.58. The summed E-state index contributed by atoms with van der Waals surface area (Å²) in [5, 5.41) is 10.7. The van der Waals surface area contributed by atoms with Crippen molar-refractivity contribution in [1.82, 2.24) is 5.06 Å². The molecule has 1 amide bonds. The third kappa shape index (κ3) is 19.1. The van der Waals surface area contributed by atoms with Crippen LogP contribution in [0.4, 0.5) is 0 Å². The summed E-state index contributed by atoms with van der Waals surface area (Å²) in [4.78, 5) is 23.3. The summed E-state index contributed by atoms with van der Waals surface area (Å²) < 4.78 is 5.05. The van der Waals surface area contributed by atoms with E-state index in [2.05, 4.69) is 6.92 Å². The van der Waals surface area contributed by atoms with Crippen molar-refractivity contribution < 1.29 is 50.5 Å². The first kappa shape index (κ1) is 33.0. The first-order chi connectivity index (χ1) is 14.4. The number of ether oxygens (including phenoxy) is 1. The molecule has 0 heterocycles. The molecule has 0 rings (SSSR count). The van der Waals surface area contributed by atoms with Gasteiger partial charge in [0.2, 0.25) is 5.91 Å². The van der Waals surface area contributed by atoms with E-state index in [0.29, 0.717) is 11.5 Å². The molecular formula is C24H49N2NaO4. The van der Waals surface area contributed by atoms with Crippen molar-refractivity contribution in [1.29, 1.82) is 0 Å². The maximum absolute atomic E-state index is 12.1. The smallest absolute Gasteiger partial charge is 1.00 e. The number of hydrogen-bond donors (Lipinski definition) is 2. The fourth-order valence-electron chi connectivity index (χ4n) is 3.54. The van der Waals surface area contributed by atoms with E-state index in [-0.39, 0.29) is 43.4 Å². The first-order valence-corrected chi connectivity index (χ1v) is 12.3. The van der Waals surface area contributed by atoms with Crippen molar-refractivity contribution in [2.45, 2.75) is 136 Å². The van der Waals surface area contributed by atoms with Gasteiger partial charge >= 0.3 is 35.5 Å². The van der Waals surface area contributed by atoms with Crippen LogP contribution in [0.3, 0.4) is 0 Å². The molecule has 0 radical (unpaired) electrons. The summed E-state index contributed by atoms with van der Waals surface area (Å²) >= 11 is 0. The maximum atomic E-state index is 12.1. The number of carbonyl (C=O) groups excluding carboxylic acids is 2. The quantitative estimate of drug-likeness (QED) is 0.0974. The third-order valence-corrected chi connectivity index (χ3v) is 5.80. The Morgan fingerprint density at radius 3 is 1.61 bits per heavy atom. The van der Waals surface area contributed by atoms with Crippen LogP contribution in [0.25, 0.3) is 0 Å². The fraction of sp³-hybridized carbons (Fsp3) is 0.917. The zero-order valence-electron chi connectivity index (χ0n) is 21.9. The average Bonchev–Trinajstić information content (AvgIpc) is 2.74. The van der Waals surface area contributed by atoms with Crippen molar-refractivity contribution in [2.24, 2.45) is 5.73 Å². The summed E-state index contributed by atoms with van der Waals surface area (Å²) in [6.07, 6.45) is 18.9. The van der Waals surface area contributed by atoms with Crippen LogP contribution in [0.1, 0.15) is 125 Å². The van der Waals surface area contributed by atoms with E-state index in [9.17, 15) is 14.8 Å². The van der Waals surface area contributed by atoms with Gasteiger partial charge in [-0.15, -0.1) is 0 Å². The van der Waals surface area contributed by atoms with Crippen LogP contribution in [0, 0.1) is 0 Å². The fourth-order valence-corrected chi connectivity index (χ4v) is 3.54. The second kappa shape index (κ2) is 23.0. The van der Waals surface area contributed by atoms with Crippen molar-refractivity contribution in [3.05, 3.63) is 0 Å². The van der Waals surface area contributed by atoms with Gasteiger partial charge in [-0.3, -0.25) is 14.8 Å². The van der Waals surface area contributed by atoms with Crippen molar-refractivity contribution in [3.8, 4) is 0 Å². The summed E-state index contributed by atoms with van der Waals surface area (Å²) in [5.74, 6) is -0.870. The predicted octanol–water partition coefficient (Wildman–Crippen LogP) is 2.86. The minimum atomic E-state index is -0.601. The Hall–Kier alpha value is -0.140. The number of nitrogens with two attached hydrogens (primary N) is 1. The van der Waals surface area contributed by atoms with E-state index in [1.165, 1.54) is 77.0 Å². The van der Waals surface area contributed by atoms with Crippen LogP contribution in [-0.2, 0) is 14.3 Å². The number of nitrogens with zero attached hydrogens (tertiary/aromatic N) is 1. The Morgan fingerprint density at radius 1 is 0.839 bits per heavy atom. The van der Waals surface area contributed by atoms with Gasteiger partial charge in [-0.05, 0) is 20.3 Å². The van der Waals surface area contributed by atoms with E-state index in [4.69, 9.17) is 10.5 Å². The van der Waals surface area contributed by atoms with Crippen LogP contribution in [0.2, 0.25) is 0 Å². The van der Waals surface area contributed by atoms with Gasteiger partial charge in [0.25, 0.3) is 0 Å². The average molecular weight is 453 g/mol. The van der Waals surface area contributed by atoms with Gasteiger partial charge in [-0.2, -0.15) is 0 Å². The molecule has 0 aromatic rings. The van der Waals surface area contributed by atoms with Crippen LogP contribution in [0.5, 0.6) is 0 Å². The molecule has 0 aromatic heterocycles. The van der Waals surface area contributed by atoms with Crippen molar-refractivity contribution >= 4 is 11.9 Å². The van der Waals surface area contributed by atoms with E-state index in [1.807, 2.05) is 0 Å². The monoisotopic (exact) mass is 452 g/mol. The Bertz CT molecular complexity index is 444. The Labute approximate surface area is 214 Å². The van der Waals surface area contributed by atoms with Gasteiger partial charge in [0.15, 0.2) is 0 Å². The van der Waals surface area contributed by atoms with Crippen molar-refractivity contribution in [2.75, 3.05) is 6.54 Å². The van der Waals surface area contributed by atoms with Gasteiger partial charge in [-0.1, -0.05) is 96.8 Å². The molecule has 0 aliphatic carbocycles. The van der Waals surface area contributed by atoms with Gasteiger partial charge in [-0.25, -0.2) is 5.06 Å². The van der Waals surface area contributed by atoms with E-state index >= 15 is 0 Å². The van der Waals surface area contributed by atoms with Crippen molar-refractivity contribution in [3.63, 3.8) is 0 Å². The molecule has 7 heteroatoms. The molecule has 0 saturated heterocycles. The summed E-state index contributed by atoms with van der Waals surface area (Å²) in [5.41, 5.74) is 5.21. The molecule has 0 bridgehead atoms. The molecule has 6 nitrogen and oxygen atoms in total. The van der Waals surface area contributed by atoms with Crippen LogP contribution < -0.4 is 35.3 Å². The largest absolute Gasteiger partial charge is 1.00 e. The molecule has 3 N–H and O–H groups in total. The zero-order valence-corrected chi connectivity index (χ0v) is 22.9. The number of hydrogen-bond acceptors (Lipinski definition) is 5. The van der Waals surface area contributed by atoms with Gasteiger partial charge in [0, 0.05) is 6.42 Å². The number of carbonyl (C=O) groups is 2. The molecule has 0 spiro atoms. The van der Waals surface area contributed by atoms with Gasteiger partial charge in [0.05, 0.1) is 12.6 Å². The molecule has 0 aliphatic rings. The first-order valence-electron chi connectivity index (χ1n) is 12.3. The van der Waals surface area contributed by atoms with E-state index in [1.54, 1.807) is 13.8 Å². The summed E-state index contributed by atoms with van der Waals surface area (Å²) in [7, 11) is 0. The normalized spacial score (nSPS) is 12.7. The third-order valence-electron chi connectivity index (χ3n) is 5.80. The predicted molar refractivity (Wildman–Crippen MR) is 123 cm³/mol. The summed E-state index contributed by atoms with van der Waals surface area (Å²) in [6, 6.07) is -0.593. The second-order valence-electron chi connectivity index (χ2n) is 8.58. The van der Waals surface area contributed by atoms with Gasteiger partial charge in [0.1, 0.15) is 6.10 Å². The Balaban J connectivity index is -0.00000420. The van der Waals surface area contributed by atoms with Gasteiger partial charge < -0.3 is 11.9 Å². The number of rotatable bonds is 20. The Morgan fingerprint density at radius 2 is 1.23 bits per heavy atom. The molecule has 0 aliphatic heterocycles. The van der Waals surface area contributed by atoms with Crippen LogP contribution >= 0.6 is 0 Å². The molecule has 0 saturated carbocycles. The molecular weight excluding hydrogens is 403 g/mol. The number of hydroxylamine groups is 2. The zero-order chi connectivity index (χ0) is 22.6.